The molecule has 0 bridgehead atoms. The van der Waals surface area contributed by atoms with E-state index in [9.17, 15) is 9.18 Å². The lowest BCUT2D eigenvalue weighted by atomic mass is 10.2. The molecule has 2 atom stereocenters. The molecule has 1 saturated heterocycles. The summed E-state index contributed by atoms with van der Waals surface area (Å²) in [4.78, 5) is 13.2. The molecule has 0 aromatic rings. The highest BCUT2D eigenvalue weighted by Gasteiger charge is 2.32. The highest BCUT2D eigenvalue weighted by molar-refractivity contribution is 5.78. The molecule has 0 aromatic heterocycles. The Balaban J connectivity index is 2.21. The molecular weight excluding hydrogens is 227 g/mol. The molecule has 0 unspecified atom stereocenters. The van der Waals surface area contributed by atoms with E-state index in [0.717, 1.165) is 0 Å². The minimum atomic E-state index is -0.941. The number of aliphatic hydroxyl groups excluding tert-OH is 1. The fraction of sp³-hybridized carbons (Fsp3) is 0.909. The Morgan fingerprint density at radius 2 is 2.41 bits per heavy atom. The van der Waals surface area contributed by atoms with Gasteiger partial charge in [-0.25, -0.2) is 4.39 Å². The van der Waals surface area contributed by atoms with E-state index in [1.165, 1.54) is 0 Å². The number of hydrogen-bond acceptors (Lipinski definition) is 4. The van der Waals surface area contributed by atoms with Crippen molar-refractivity contribution in [1.29, 1.82) is 0 Å². The fourth-order valence-electron chi connectivity index (χ4n) is 1.95. The number of amides is 1. The van der Waals surface area contributed by atoms with Gasteiger partial charge in [-0.05, 0) is 13.3 Å². The molecule has 0 radical (unpaired) electrons. The van der Waals surface area contributed by atoms with Crippen LogP contribution in [-0.4, -0.2) is 67.6 Å². The number of rotatable bonds is 7. The zero-order chi connectivity index (χ0) is 12.7. The van der Waals surface area contributed by atoms with Gasteiger partial charge in [0.2, 0.25) is 5.91 Å². The van der Waals surface area contributed by atoms with Crippen LogP contribution in [0.4, 0.5) is 4.39 Å². The van der Waals surface area contributed by atoms with Crippen molar-refractivity contribution in [3.63, 3.8) is 0 Å². The third-order valence-electron chi connectivity index (χ3n) is 2.81. The molecule has 5 nitrogen and oxygen atoms in total. The van der Waals surface area contributed by atoms with Gasteiger partial charge in [0.1, 0.15) is 6.17 Å². The zero-order valence-corrected chi connectivity index (χ0v) is 10.2. The summed E-state index contributed by atoms with van der Waals surface area (Å²) in [6, 6.07) is -0.234. The summed E-state index contributed by atoms with van der Waals surface area (Å²) in [6.07, 6.45) is -0.633. The van der Waals surface area contributed by atoms with Crippen LogP contribution < -0.4 is 5.32 Å². The van der Waals surface area contributed by atoms with Crippen LogP contribution in [0, 0.1) is 0 Å². The van der Waals surface area contributed by atoms with E-state index < -0.39 is 6.17 Å². The number of halogens is 1. The lowest BCUT2D eigenvalue weighted by Crippen LogP contribution is -2.42. The van der Waals surface area contributed by atoms with Crippen molar-refractivity contribution in [2.75, 3.05) is 39.5 Å². The second-order valence-corrected chi connectivity index (χ2v) is 4.15. The predicted molar refractivity (Wildman–Crippen MR) is 61.5 cm³/mol. The average Bonchev–Trinajstić information content (AvgIpc) is 2.65. The average molecular weight is 248 g/mol. The first kappa shape index (κ1) is 14.3. The number of carbonyl (C=O) groups excluding carboxylic acids is 1. The first-order valence-electron chi connectivity index (χ1n) is 6.00. The van der Waals surface area contributed by atoms with E-state index in [1.807, 2.05) is 6.92 Å². The molecule has 1 heterocycles. The van der Waals surface area contributed by atoms with E-state index >= 15 is 0 Å². The summed E-state index contributed by atoms with van der Waals surface area (Å²) in [5, 5.41) is 11.7. The van der Waals surface area contributed by atoms with Gasteiger partial charge < -0.3 is 15.2 Å². The van der Waals surface area contributed by atoms with Gasteiger partial charge in [0.25, 0.3) is 0 Å². The van der Waals surface area contributed by atoms with Gasteiger partial charge in [-0.15, -0.1) is 0 Å². The van der Waals surface area contributed by atoms with Crippen LogP contribution in [0.15, 0.2) is 0 Å². The Bertz CT molecular complexity index is 241. The number of nitrogens with one attached hydrogen (secondary N) is 1. The number of likely N-dealkylation sites (tertiary alicyclic amines) is 1. The quantitative estimate of drug-likeness (QED) is 0.599. The third kappa shape index (κ3) is 4.97. The summed E-state index contributed by atoms with van der Waals surface area (Å²) in [7, 11) is 0. The molecule has 100 valence electrons. The molecule has 0 spiro atoms. The van der Waals surface area contributed by atoms with Crippen molar-refractivity contribution in [3.8, 4) is 0 Å². The van der Waals surface area contributed by atoms with Gasteiger partial charge >= 0.3 is 0 Å². The van der Waals surface area contributed by atoms with Gasteiger partial charge in [-0.1, -0.05) is 0 Å². The molecule has 0 aromatic carbocycles. The van der Waals surface area contributed by atoms with Gasteiger partial charge in [0, 0.05) is 25.7 Å². The maximum Gasteiger partial charge on any atom is 0.234 e. The molecule has 0 aliphatic carbocycles. The van der Waals surface area contributed by atoms with E-state index in [2.05, 4.69) is 5.32 Å². The highest BCUT2D eigenvalue weighted by atomic mass is 19.1. The van der Waals surface area contributed by atoms with Crippen LogP contribution in [0.3, 0.4) is 0 Å². The Morgan fingerprint density at radius 3 is 3.06 bits per heavy atom. The first-order chi connectivity index (χ1) is 8.17. The molecule has 0 saturated carbocycles. The van der Waals surface area contributed by atoms with E-state index in [0.29, 0.717) is 26.2 Å². The number of aliphatic hydroxyl groups is 1. The van der Waals surface area contributed by atoms with Crippen LogP contribution in [0.5, 0.6) is 0 Å². The van der Waals surface area contributed by atoms with Crippen LogP contribution >= 0.6 is 0 Å². The second kappa shape index (κ2) is 7.58. The Kier molecular flexibility index (Phi) is 6.39. The molecule has 1 fully saturated rings. The standard InChI is InChI=1S/C11H21FN2O3/c1-2-17-4-3-13-11(16)7-14-6-9(12)5-10(14)8-15/h9-10,15H,2-8H2,1H3,(H,13,16)/t9-,10-/m0/s1. The maximum absolute atomic E-state index is 13.1. The summed E-state index contributed by atoms with van der Waals surface area (Å²) in [5.74, 6) is -0.155. The zero-order valence-electron chi connectivity index (χ0n) is 10.2. The van der Waals surface area contributed by atoms with Gasteiger partial charge in [0.05, 0.1) is 19.8 Å². The first-order valence-corrected chi connectivity index (χ1v) is 6.00. The van der Waals surface area contributed by atoms with E-state index in [-0.39, 0.29) is 31.6 Å². The Morgan fingerprint density at radius 1 is 1.65 bits per heavy atom. The Hall–Kier alpha value is -0.720. The molecular formula is C11H21FN2O3. The van der Waals surface area contributed by atoms with Crippen LogP contribution in [0.25, 0.3) is 0 Å². The fourth-order valence-corrected chi connectivity index (χ4v) is 1.95. The summed E-state index contributed by atoms with van der Waals surface area (Å²) < 4.78 is 18.2. The lowest BCUT2D eigenvalue weighted by Gasteiger charge is -2.21. The molecule has 2 N–H and O–H groups in total. The van der Waals surface area contributed by atoms with Gasteiger partial charge in [-0.2, -0.15) is 0 Å². The molecule has 6 heteroatoms. The normalized spacial score (nSPS) is 25.1. The minimum absolute atomic E-state index is 0.105. The molecule has 17 heavy (non-hydrogen) atoms. The largest absolute Gasteiger partial charge is 0.395 e. The maximum atomic E-state index is 13.1. The Labute approximate surface area is 101 Å². The van der Waals surface area contributed by atoms with Crippen LogP contribution in [-0.2, 0) is 9.53 Å². The van der Waals surface area contributed by atoms with Crippen molar-refractivity contribution in [1.82, 2.24) is 10.2 Å². The van der Waals surface area contributed by atoms with E-state index in [1.54, 1.807) is 4.90 Å². The van der Waals surface area contributed by atoms with Gasteiger partial charge in [-0.3, -0.25) is 9.69 Å². The van der Waals surface area contributed by atoms with Crippen molar-refractivity contribution < 1.29 is 19.0 Å². The molecule has 1 amide bonds. The van der Waals surface area contributed by atoms with Crippen LogP contribution in [0.2, 0.25) is 0 Å². The number of ether oxygens (including phenoxy) is 1. The predicted octanol–water partition coefficient (Wildman–Crippen LogP) is -0.456. The third-order valence-corrected chi connectivity index (χ3v) is 2.81. The van der Waals surface area contributed by atoms with Crippen molar-refractivity contribution in [3.05, 3.63) is 0 Å². The summed E-state index contributed by atoms with van der Waals surface area (Å²) in [6.45, 7) is 3.71. The van der Waals surface area contributed by atoms with Crippen LogP contribution in [0.1, 0.15) is 13.3 Å². The SMILES string of the molecule is CCOCCNC(=O)CN1C[C@@H](F)C[C@H]1CO. The number of carbonyl (C=O) groups is 1. The number of hydrogen-bond donors (Lipinski definition) is 2. The highest BCUT2D eigenvalue weighted by Crippen LogP contribution is 2.19. The molecule has 1 aliphatic rings. The monoisotopic (exact) mass is 248 g/mol. The van der Waals surface area contributed by atoms with Crippen molar-refractivity contribution in [2.45, 2.75) is 25.6 Å². The second-order valence-electron chi connectivity index (χ2n) is 4.15. The lowest BCUT2D eigenvalue weighted by molar-refractivity contribution is -0.122. The smallest absolute Gasteiger partial charge is 0.234 e. The molecule has 1 aliphatic heterocycles. The van der Waals surface area contributed by atoms with E-state index in [4.69, 9.17) is 9.84 Å². The minimum Gasteiger partial charge on any atom is -0.395 e. The summed E-state index contributed by atoms with van der Waals surface area (Å²) in [5.41, 5.74) is 0. The number of alkyl halides is 1. The van der Waals surface area contributed by atoms with Crippen molar-refractivity contribution in [2.24, 2.45) is 0 Å². The topological polar surface area (TPSA) is 61.8 Å². The van der Waals surface area contributed by atoms with Crippen molar-refractivity contribution >= 4 is 5.91 Å². The number of nitrogens with zero attached hydrogens (tertiary/aromatic N) is 1. The summed E-state index contributed by atoms with van der Waals surface area (Å²) >= 11 is 0. The molecule has 1 rings (SSSR count). The van der Waals surface area contributed by atoms with Gasteiger partial charge in [0.15, 0.2) is 0 Å².